The molecule has 3 heterocycles. The van der Waals surface area contributed by atoms with Gasteiger partial charge in [0, 0.05) is 23.7 Å². The maximum atomic E-state index is 12.8. The van der Waals surface area contributed by atoms with E-state index >= 15 is 0 Å². The van der Waals surface area contributed by atoms with Crippen LogP contribution < -0.4 is 0 Å². The van der Waals surface area contributed by atoms with Crippen LogP contribution >= 0.6 is 11.3 Å². The van der Waals surface area contributed by atoms with E-state index in [4.69, 9.17) is 4.74 Å². The molecule has 1 amide bonds. The fourth-order valence-corrected chi connectivity index (χ4v) is 3.94. The van der Waals surface area contributed by atoms with E-state index in [-0.39, 0.29) is 11.9 Å². The van der Waals surface area contributed by atoms with Gasteiger partial charge in [0.05, 0.1) is 12.2 Å². The molecule has 0 fully saturated rings. The highest BCUT2D eigenvalue weighted by Crippen LogP contribution is 2.26. The van der Waals surface area contributed by atoms with Gasteiger partial charge in [-0.25, -0.2) is 4.79 Å². The molecule has 23 heavy (non-hydrogen) atoms. The molecule has 0 radical (unpaired) electrons. The van der Waals surface area contributed by atoms with Crippen molar-refractivity contribution in [2.75, 3.05) is 13.2 Å². The molecule has 0 atom stereocenters. The Labute approximate surface area is 139 Å². The van der Waals surface area contributed by atoms with Gasteiger partial charge in [-0.3, -0.25) is 4.79 Å². The van der Waals surface area contributed by atoms with Gasteiger partial charge in [-0.05, 0) is 49.8 Å². The number of nitrogens with one attached hydrogen (secondary N) is 1. The Hall–Kier alpha value is -2.08. The van der Waals surface area contributed by atoms with Crippen molar-refractivity contribution in [3.63, 3.8) is 0 Å². The molecule has 0 unspecified atom stereocenters. The summed E-state index contributed by atoms with van der Waals surface area (Å²) >= 11 is 1.75. The molecular weight excluding hydrogens is 312 g/mol. The normalized spacial score (nSPS) is 13.8. The van der Waals surface area contributed by atoms with Crippen LogP contribution in [-0.4, -0.2) is 34.9 Å². The van der Waals surface area contributed by atoms with Crippen molar-refractivity contribution in [1.82, 2.24) is 9.88 Å². The molecule has 0 bridgehead atoms. The molecule has 1 N–H and O–H groups in total. The second-order valence-corrected chi connectivity index (χ2v) is 6.69. The highest BCUT2D eigenvalue weighted by molar-refractivity contribution is 7.10. The van der Waals surface area contributed by atoms with Gasteiger partial charge < -0.3 is 14.6 Å². The summed E-state index contributed by atoms with van der Waals surface area (Å²) in [6.07, 6.45) is 0.891. The molecule has 5 nitrogen and oxygen atoms in total. The molecule has 1 aliphatic rings. The average molecular weight is 332 g/mol. The second-order valence-electron chi connectivity index (χ2n) is 5.69. The Kier molecular flexibility index (Phi) is 4.26. The monoisotopic (exact) mass is 332 g/mol. The number of aromatic amines is 1. The number of hydrogen-bond donors (Lipinski definition) is 1. The van der Waals surface area contributed by atoms with Gasteiger partial charge in [-0.1, -0.05) is 0 Å². The molecule has 2 aromatic rings. The van der Waals surface area contributed by atoms with E-state index in [1.165, 1.54) is 10.4 Å². The van der Waals surface area contributed by atoms with Crippen LogP contribution in [0.1, 0.15) is 49.5 Å². The van der Waals surface area contributed by atoms with E-state index in [2.05, 4.69) is 16.4 Å². The standard InChI is InChI=1S/C17H20N2O3S/c1-4-22-17(21)14-10(2)15(18-11(14)3)16(20)19-7-5-13-12(9-19)6-8-23-13/h6,8,18H,4-5,7,9H2,1-3H3. The Balaban J connectivity index is 1.86. The zero-order chi connectivity index (χ0) is 16.6. The first-order valence-electron chi connectivity index (χ1n) is 7.73. The van der Waals surface area contributed by atoms with Crippen molar-refractivity contribution < 1.29 is 14.3 Å². The summed E-state index contributed by atoms with van der Waals surface area (Å²) in [4.78, 5) is 31.2. The molecule has 0 aliphatic carbocycles. The van der Waals surface area contributed by atoms with Gasteiger partial charge in [-0.2, -0.15) is 0 Å². The van der Waals surface area contributed by atoms with E-state index in [0.717, 1.165) is 6.42 Å². The van der Waals surface area contributed by atoms with E-state index in [1.54, 1.807) is 32.1 Å². The summed E-state index contributed by atoms with van der Waals surface area (Å²) in [5.74, 6) is -0.436. The van der Waals surface area contributed by atoms with Crippen LogP contribution in [0.2, 0.25) is 0 Å². The lowest BCUT2D eigenvalue weighted by molar-refractivity contribution is 0.0525. The number of carbonyl (C=O) groups is 2. The fraction of sp³-hybridized carbons (Fsp3) is 0.412. The van der Waals surface area contributed by atoms with Crippen molar-refractivity contribution >= 4 is 23.2 Å². The van der Waals surface area contributed by atoms with Gasteiger partial charge in [0.1, 0.15) is 5.69 Å². The smallest absolute Gasteiger partial charge is 0.340 e. The highest BCUT2D eigenvalue weighted by Gasteiger charge is 2.28. The number of hydrogen-bond acceptors (Lipinski definition) is 4. The first-order chi connectivity index (χ1) is 11.0. The van der Waals surface area contributed by atoms with E-state index < -0.39 is 0 Å². The van der Waals surface area contributed by atoms with Crippen LogP contribution in [0.3, 0.4) is 0 Å². The number of rotatable bonds is 3. The maximum Gasteiger partial charge on any atom is 0.340 e. The molecule has 122 valence electrons. The lowest BCUT2D eigenvalue weighted by Crippen LogP contribution is -2.35. The largest absolute Gasteiger partial charge is 0.462 e. The number of fused-ring (bicyclic) bond motifs is 1. The van der Waals surface area contributed by atoms with E-state index in [9.17, 15) is 9.59 Å². The number of esters is 1. The Morgan fingerprint density at radius 3 is 2.91 bits per heavy atom. The zero-order valence-corrected chi connectivity index (χ0v) is 14.4. The second kappa shape index (κ2) is 6.20. The summed E-state index contributed by atoms with van der Waals surface area (Å²) in [5, 5.41) is 2.07. The van der Waals surface area contributed by atoms with Crippen molar-refractivity contribution in [3.8, 4) is 0 Å². The first kappa shape index (κ1) is 15.8. The van der Waals surface area contributed by atoms with Crippen LogP contribution in [0, 0.1) is 13.8 Å². The SMILES string of the molecule is CCOC(=O)c1c(C)[nH]c(C(=O)N2CCc3sccc3C2)c1C. The van der Waals surface area contributed by atoms with E-state index in [0.29, 0.717) is 42.2 Å². The van der Waals surface area contributed by atoms with Crippen molar-refractivity contribution in [3.05, 3.63) is 44.4 Å². The number of amides is 1. The predicted octanol–water partition coefficient (Wildman–Crippen LogP) is 3.07. The molecule has 3 rings (SSSR count). The Morgan fingerprint density at radius 1 is 1.39 bits per heavy atom. The summed E-state index contributed by atoms with van der Waals surface area (Å²) in [6, 6.07) is 2.08. The molecule has 0 aromatic carbocycles. The maximum absolute atomic E-state index is 12.8. The zero-order valence-electron chi connectivity index (χ0n) is 13.6. The van der Waals surface area contributed by atoms with E-state index in [1.807, 2.05) is 4.90 Å². The number of aromatic nitrogens is 1. The summed E-state index contributed by atoms with van der Waals surface area (Å²) in [6.45, 7) is 7.02. The minimum absolute atomic E-state index is 0.0574. The molecule has 0 saturated heterocycles. The number of aryl methyl sites for hydroxylation is 1. The summed E-state index contributed by atoms with van der Waals surface area (Å²) < 4.78 is 5.08. The van der Waals surface area contributed by atoms with Crippen molar-refractivity contribution in [2.45, 2.75) is 33.7 Å². The number of nitrogens with zero attached hydrogens (tertiary/aromatic N) is 1. The number of thiophene rings is 1. The lowest BCUT2D eigenvalue weighted by atomic mass is 10.1. The van der Waals surface area contributed by atoms with Gasteiger partial charge >= 0.3 is 5.97 Å². The Bertz CT molecular complexity index is 760. The summed E-state index contributed by atoms with van der Waals surface area (Å²) in [5.41, 5.74) is 3.54. The fourth-order valence-electron chi connectivity index (χ4n) is 3.05. The van der Waals surface area contributed by atoms with Crippen LogP contribution in [0.15, 0.2) is 11.4 Å². The molecule has 0 spiro atoms. The third-order valence-electron chi connectivity index (χ3n) is 4.23. The molecule has 0 saturated carbocycles. The minimum Gasteiger partial charge on any atom is -0.462 e. The molecular formula is C17H20N2O3S. The Morgan fingerprint density at radius 2 is 2.17 bits per heavy atom. The van der Waals surface area contributed by atoms with Crippen LogP contribution in [0.25, 0.3) is 0 Å². The van der Waals surface area contributed by atoms with Crippen molar-refractivity contribution in [2.24, 2.45) is 0 Å². The first-order valence-corrected chi connectivity index (χ1v) is 8.61. The molecule has 6 heteroatoms. The lowest BCUT2D eigenvalue weighted by Gasteiger charge is -2.26. The van der Waals surface area contributed by atoms with Gasteiger partial charge in [-0.15, -0.1) is 11.3 Å². The van der Waals surface area contributed by atoms with Gasteiger partial charge in [0.15, 0.2) is 0 Å². The van der Waals surface area contributed by atoms with Gasteiger partial charge in [0.25, 0.3) is 5.91 Å². The third kappa shape index (κ3) is 2.79. The topological polar surface area (TPSA) is 62.4 Å². The van der Waals surface area contributed by atoms with Gasteiger partial charge in [0.2, 0.25) is 0 Å². The quantitative estimate of drug-likeness (QED) is 0.879. The highest BCUT2D eigenvalue weighted by atomic mass is 32.1. The van der Waals surface area contributed by atoms with Crippen LogP contribution in [0.4, 0.5) is 0 Å². The minimum atomic E-state index is -0.378. The third-order valence-corrected chi connectivity index (χ3v) is 5.25. The average Bonchev–Trinajstić information content (AvgIpc) is 3.10. The van der Waals surface area contributed by atoms with Crippen LogP contribution in [-0.2, 0) is 17.7 Å². The number of ether oxygens (including phenoxy) is 1. The number of carbonyl (C=O) groups excluding carboxylic acids is 2. The summed E-state index contributed by atoms with van der Waals surface area (Å²) in [7, 11) is 0. The molecule has 2 aromatic heterocycles. The van der Waals surface area contributed by atoms with Crippen LogP contribution in [0.5, 0.6) is 0 Å². The predicted molar refractivity (Wildman–Crippen MR) is 89.0 cm³/mol. The van der Waals surface area contributed by atoms with Crippen molar-refractivity contribution in [1.29, 1.82) is 0 Å². The number of H-pyrrole nitrogens is 1. The molecule has 1 aliphatic heterocycles.